The maximum atomic E-state index is 11.3. The molecule has 5 nitrogen and oxygen atoms in total. The Kier molecular flexibility index (Phi) is 4.94. The highest BCUT2D eigenvalue weighted by Gasteiger charge is 2.22. The normalized spacial score (nSPS) is 11.9. The van der Waals surface area contributed by atoms with Crippen LogP contribution < -0.4 is 0 Å². The van der Waals surface area contributed by atoms with E-state index in [1.165, 1.54) is 4.31 Å². The number of hydrogen-bond acceptors (Lipinski definition) is 3. The Balaban J connectivity index is 4.48. The van der Waals surface area contributed by atoms with Gasteiger partial charge in [0.1, 0.15) is 0 Å². The third kappa shape index (κ3) is 4.23. The Morgan fingerprint density at radius 1 is 1.38 bits per heavy atom. The molecule has 1 N–H and O–H groups in total. The van der Waals surface area contributed by atoms with Gasteiger partial charge in [-0.3, -0.25) is 4.79 Å². The molecule has 0 aromatic heterocycles. The SMILES string of the molecule is CCCN(CC)S(=O)(=O)CC(=O)O. The van der Waals surface area contributed by atoms with E-state index in [0.29, 0.717) is 19.5 Å². The molecule has 0 aromatic carbocycles. The van der Waals surface area contributed by atoms with Gasteiger partial charge in [0.2, 0.25) is 10.0 Å². The number of hydrogen-bond donors (Lipinski definition) is 1. The molecule has 0 aliphatic heterocycles. The molecule has 0 unspecified atom stereocenters. The number of nitrogens with zero attached hydrogens (tertiary/aromatic N) is 1. The summed E-state index contributed by atoms with van der Waals surface area (Å²) in [6.45, 7) is 4.24. The number of carbonyl (C=O) groups is 1. The van der Waals surface area contributed by atoms with Gasteiger partial charge in [0.05, 0.1) is 0 Å². The van der Waals surface area contributed by atoms with E-state index in [9.17, 15) is 13.2 Å². The van der Waals surface area contributed by atoms with Crippen LogP contribution in [-0.2, 0) is 14.8 Å². The van der Waals surface area contributed by atoms with Crippen LogP contribution in [0.1, 0.15) is 20.3 Å². The highest BCUT2D eigenvalue weighted by Crippen LogP contribution is 2.02. The second kappa shape index (κ2) is 5.18. The zero-order valence-electron chi connectivity index (χ0n) is 7.86. The first kappa shape index (κ1) is 12.4. The van der Waals surface area contributed by atoms with Gasteiger partial charge >= 0.3 is 5.97 Å². The average molecular weight is 209 g/mol. The summed E-state index contributed by atoms with van der Waals surface area (Å²) in [7, 11) is -3.60. The van der Waals surface area contributed by atoms with Crippen LogP contribution in [0.25, 0.3) is 0 Å². The van der Waals surface area contributed by atoms with Gasteiger partial charge in [-0.25, -0.2) is 12.7 Å². The quantitative estimate of drug-likeness (QED) is 0.675. The molecule has 0 atom stereocenters. The van der Waals surface area contributed by atoms with Crippen LogP contribution in [0.2, 0.25) is 0 Å². The van der Waals surface area contributed by atoms with E-state index in [1.54, 1.807) is 6.92 Å². The lowest BCUT2D eigenvalue weighted by molar-refractivity contribution is -0.134. The molecule has 0 saturated carbocycles. The summed E-state index contributed by atoms with van der Waals surface area (Å²) >= 11 is 0. The molecule has 6 heteroatoms. The third-order valence-electron chi connectivity index (χ3n) is 1.52. The van der Waals surface area contributed by atoms with E-state index < -0.39 is 21.7 Å². The molecular weight excluding hydrogens is 194 g/mol. The maximum Gasteiger partial charge on any atom is 0.320 e. The summed E-state index contributed by atoms with van der Waals surface area (Å²) in [5.41, 5.74) is 0. The van der Waals surface area contributed by atoms with Crippen molar-refractivity contribution in [1.82, 2.24) is 4.31 Å². The Morgan fingerprint density at radius 3 is 2.23 bits per heavy atom. The number of rotatable bonds is 6. The third-order valence-corrected chi connectivity index (χ3v) is 3.36. The lowest BCUT2D eigenvalue weighted by Gasteiger charge is -2.17. The van der Waals surface area contributed by atoms with Crippen molar-refractivity contribution >= 4 is 16.0 Å². The lowest BCUT2D eigenvalue weighted by Crippen LogP contribution is -2.35. The van der Waals surface area contributed by atoms with E-state index in [2.05, 4.69) is 0 Å². The first-order valence-corrected chi connectivity index (χ1v) is 5.74. The van der Waals surface area contributed by atoms with Crippen LogP contribution in [0.3, 0.4) is 0 Å². The average Bonchev–Trinajstić information content (AvgIpc) is 1.97. The molecule has 0 amide bonds. The fourth-order valence-electron chi connectivity index (χ4n) is 0.991. The van der Waals surface area contributed by atoms with Crippen LogP contribution >= 0.6 is 0 Å². The van der Waals surface area contributed by atoms with E-state index in [4.69, 9.17) is 5.11 Å². The fourth-order valence-corrected chi connectivity index (χ4v) is 2.34. The number of sulfonamides is 1. The summed E-state index contributed by atoms with van der Waals surface area (Å²) in [5.74, 6) is -2.13. The molecule has 0 aliphatic carbocycles. The predicted octanol–water partition coefficient (Wildman–Crippen LogP) is 0.133. The van der Waals surface area contributed by atoms with Gasteiger partial charge in [-0.05, 0) is 6.42 Å². The Bertz CT molecular complexity index is 260. The molecule has 0 aromatic rings. The van der Waals surface area contributed by atoms with Crippen molar-refractivity contribution < 1.29 is 18.3 Å². The molecule has 0 radical (unpaired) electrons. The summed E-state index contributed by atoms with van der Waals surface area (Å²) < 4.78 is 23.8. The van der Waals surface area contributed by atoms with Crippen molar-refractivity contribution in [3.8, 4) is 0 Å². The van der Waals surface area contributed by atoms with Crippen LogP contribution in [-0.4, -0.2) is 42.6 Å². The van der Waals surface area contributed by atoms with Gasteiger partial charge in [0.25, 0.3) is 0 Å². The molecular formula is C7H15NO4S. The van der Waals surface area contributed by atoms with Crippen molar-refractivity contribution in [2.45, 2.75) is 20.3 Å². The Hall–Kier alpha value is -0.620. The summed E-state index contributed by atoms with van der Waals surface area (Å²) in [6, 6.07) is 0. The van der Waals surface area contributed by atoms with Gasteiger partial charge in [0.15, 0.2) is 5.75 Å². The minimum Gasteiger partial charge on any atom is -0.480 e. The molecule has 0 fully saturated rings. The van der Waals surface area contributed by atoms with Gasteiger partial charge in [-0.2, -0.15) is 0 Å². The lowest BCUT2D eigenvalue weighted by atomic mass is 10.5. The molecule has 0 heterocycles. The second-order valence-corrected chi connectivity index (χ2v) is 4.61. The van der Waals surface area contributed by atoms with Crippen LogP contribution in [0.5, 0.6) is 0 Å². The molecule has 78 valence electrons. The summed E-state index contributed by atoms with van der Waals surface area (Å²) in [5, 5.41) is 8.36. The summed E-state index contributed by atoms with van der Waals surface area (Å²) in [6.07, 6.45) is 0.687. The van der Waals surface area contributed by atoms with Gasteiger partial charge in [-0.15, -0.1) is 0 Å². The largest absolute Gasteiger partial charge is 0.480 e. The van der Waals surface area contributed by atoms with E-state index in [-0.39, 0.29) is 0 Å². The zero-order valence-corrected chi connectivity index (χ0v) is 8.67. The van der Waals surface area contributed by atoms with Crippen molar-refractivity contribution in [3.63, 3.8) is 0 Å². The topological polar surface area (TPSA) is 74.7 Å². The smallest absolute Gasteiger partial charge is 0.320 e. The molecule has 0 aliphatic rings. The molecule has 13 heavy (non-hydrogen) atoms. The predicted molar refractivity (Wildman–Crippen MR) is 49.0 cm³/mol. The van der Waals surface area contributed by atoms with Gasteiger partial charge in [-0.1, -0.05) is 13.8 Å². The monoisotopic (exact) mass is 209 g/mol. The van der Waals surface area contributed by atoms with Crippen molar-refractivity contribution in [2.75, 3.05) is 18.8 Å². The first-order chi connectivity index (χ1) is 5.94. The molecule has 0 rings (SSSR count). The van der Waals surface area contributed by atoms with Crippen LogP contribution in [0.15, 0.2) is 0 Å². The maximum absolute atomic E-state index is 11.3. The number of carboxylic acid groups (broad SMARTS) is 1. The number of aliphatic carboxylic acids is 1. The Morgan fingerprint density at radius 2 is 1.92 bits per heavy atom. The summed E-state index contributed by atoms with van der Waals surface area (Å²) in [4.78, 5) is 10.2. The van der Waals surface area contributed by atoms with Crippen molar-refractivity contribution in [2.24, 2.45) is 0 Å². The van der Waals surface area contributed by atoms with E-state index >= 15 is 0 Å². The molecule has 0 spiro atoms. The number of carboxylic acids is 1. The van der Waals surface area contributed by atoms with Crippen LogP contribution in [0.4, 0.5) is 0 Å². The first-order valence-electron chi connectivity index (χ1n) is 4.13. The minimum absolute atomic E-state index is 0.323. The minimum atomic E-state index is -3.60. The highest BCUT2D eigenvalue weighted by atomic mass is 32.2. The van der Waals surface area contributed by atoms with E-state index in [0.717, 1.165) is 0 Å². The standard InChI is InChI=1S/C7H15NO4S/c1-3-5-8(4-2)13(11,12)6-7(9)10/h3-6H2,1-2H3,(H,9,10). The van der Waals surface area contributed by atoms with E-state index in [1.807, 2.05) is 6.92 Å². The van der Waals surface area contributed by atoms with Crippen LogP contribution in [0, 0.1) is 0 Å². The molecule has 0 saturated heterocycles. The Labute approximate surface area is 78.4 Å². The van der Waals surface area contributed by atoms with Gasteiger partial charge in [0, 0.05) is 13.1 Å². The zero-order chi connectivity index (χ0) is 10.5. The molecule has 0 bridgehead atoms. The van der Waals surface area contributed by atoms with Crippen molar-refractivity contribution in [3.05, 3.63) is 0 Å². The highest BCUT2D eigenvalue weighted by molar-refractivity contribution is 7.89. The second-order valence-electron chi connectivity index (χ2n) is 2.64. The fraction of sp³-hybridized carbons (Fsp3) is 0.857. The van der Waals surface area contributed by atoms with Gasteiger partial charge < -0.3 is 5.11 Å². The van der Waals surface area contributed by atoms with Crippen molar-refractivity contribution in [1.29, 1.82) is 0 Å².